The maximum atomic E-state index is 13.1. The molecule has 8 heteroatoms. The lowest BCUT2D eigenvalue weighted by atomic mass is 10.1. The molecule has 1 aliphatic carbocycles. The molecule has 0 saturated heterocycles. The summed E-state index contributed by atoms with van der Waals surface area (Å²) >= 11 is 0. The van der Waals surface area contributed by atoms with E-state index in [1.165, 1.54) is 16.9 Å². The number of amides is 1. The van der Waals surface area contributed by atoms with Gasteiger partial charge in [0.25, 0.3) is 18.1 Å². The summed E-state index contributed by atoms with van der Waals surface area (Å²) in [6.07, 6.45) is 1.06. The van der Waals surface area contributed by atoms with Gasteiger partial charge in [0.05, 0.1) is 11.7 Å². The van der Waals surface area contributed by atoms with Crippen LogP contribution >= 0.6 is 0 Å². The van der Waals surface area contributed by atoms with Gasteiger partial charge in [-0.1, -0.05) is 17.2 Å². The van der Waals surface area contributed by atoms with E-state index in [0.717, 1.165) is 16.7 Å². The number of likely N-dealkylation sites (N-methyl/N-ethyl adjacent to an activating group) is 1. The van der Waals surface area contributed by atoms with Gasteiger partial charge in [-0.2, -0.15) is 14.6 Å². The van der Waals surface area contributed by atoms with Crippen molar-refractivity contribution >= 4 is 17.8 Å². The van der Waals surface area contributed by atoms with Crippen LogP contribution in [0.4, 0.5) is 8.78 Å². The zero-order valence-electron chi connectivity index (χ0n) is 15.7. The van der Waals surface area contributed by atoms with E-state index in [9.17, 15) is 13.6 Å². The van der Waals surface area contributed by atoms with Gasteiger partial charge in [-0.05, 0) is 50.1 Å². The Hall–Kier alpha value is -3.16. The lowest BCUT2D eigenvalue weighted by Crippen LogP contribution is -2.29. The Labute approximate surface area is 160 Å². The summed E-state index contributed by atoms with van der Waals surface area (Å²) in [5.74, 6) is 0.0654. The van der Waals surface area contributed by atoms with Crippen molar-refractivity contribution in [3.05, 3.63) is 64.2 Å². The molecule has 0 unspecified atom stereocenters. The number of halogens is 2. The van der Waals surface area contributed by atoms with E-state index in [1.807, 2.05) is 32.0 Å². The first-order valence-electron chi connectivity index (χ1n) is 8.88. The van der Waals surface area contributed by atoms with Crippen molar-refractivity contribution in [1.82, 2.24) is 24.5 Å². The second-order valence-electron chi connectivity index (χ2n) is 7.11. The molecule has 0 spiro atoms. The van der Waals surface area contributed by atoms with Crippen LogP contribution < -0.4 is 0 Å². The van der Waals surface area contributed by atoms with Gasteiger partial charge in [-0.15, -0.1) is 0 Å². The highest BCUT2D eigenvalue weighted by atomic mass is 19.3. The van der Waals surface area contributed by atoms with Crippen LogP contribution in [0.15, 0.2) is 36.2 Å². The zero-order chi connectivity index (χ0) is 20.0. The number of carbonyl (C=O) groups is 1. The largest absolute Gasteiger partial charge is 0.335 e. The van der Waals surface area contributed by atoms with Crippen LogP contribution in [0.5, 0.6) is 0 Å². The molecule has 2 aromatic heterocycles. The molecule has 4 rings (SSSR count). The molecule has 0 radical (unpaired) electrons. The van der Waals surface area contributed by atoms with Gasteiger partial charge < -0.3 is 4.90 Å². The number of benzene rings is 1. The highest BCUT2D eigenvalue weighted by molar-refractivity contribution is 5.95. The molecule has 0 N–H and O–H groups in total. The molecule has 1 atom stereocenters. The van der Waals surface area contributed by atoms with E-state index in [1.54, 1.807) is 18.0 Å². The standard InChI is InChI=1S/C20H19F2N5O/c1-11-4-12(2)6-14(5-11)19(28)26(3)17-8-13(17)7-15-9-16(18(21)22)25-20-23-10-24-27(15)20/h4-7,9-10,17-18H,8H2,1-3H3/b13-7-/t17-/m0/s1. The summed E-state index contributed by atoms with van der Waals surface area (Å²) in [5.41, 5.74) is 3.82. The zero-order valence-corrected chi connectivity index (χ0v) is 15.7. The van der Waals surface area contributed by atoms with E-state index < -0.39 is 6.43 Å². The normalized spacial score (nSPS) is 17.5. The van der Waals surface area contributed by atoms with Gasteiger partial charge in [0.15, 0.2) is 0 Å². The van der Waals surface area contributed by atoms with Gasteiger partial charge in [0, 0.05) is 12.6 Å². The molecular formula is C20H19F2N5O. The predicted octanol–water partition coefficient (Wildman–Crippen LogP) is 3.61. The van der Waals surface area contributed by atoms with Crippen molar-refractivity contribution < 1.29 is 13.6 Å². The molecule has 1 aliphatic rings. The van der Waals surface area contributed by atoms with E-state index in [2.05, 4.69) is 15.1 Å². The summed E-state index contributed by atoms with van der Waals surface area (Å²) in [5, 5.41) is 4.04. The monoisotopic (exact) mass is 383 g/mol. The van der Waals surface area contributed by atoms with Crippen LogP contribution in [0.2, 0.25) is 0 Å². The molecule has 1 fully saturated rings. The summed E-state index contributed by atoms with van der Waals surface area (Å²) < 4.78 is 27.6. The van der Waals surface area contributed by atoms with Crippen molar-refractivity contribution in [2.45, 2.75) is 32.7 Å². The number of rotatable bonds is 4. The van der Waals surface area contributed by atoms with Crippen molar-refractivity contribution in [2.24, 2.45) is 0 Å². The van der Waals surface area contributed by atoms with Crippen molar-refractivity contribution in [3.63, 3.8) is 0 Å². The highest BCUT2D eigenvalue weighted by Crippen LogP contribution is 2.37. The Morgan fingerprint density at radius 1 is 1.25 bits per heavy atom. The second-order valence-corrected chi connectivity index (χ2v) is 7.11. The smallest absolute Gasteiger partial charge is 0.280 e. The number of hydrogen-bond acceptors (Lipinski definition) is 4. The molecule has 1 saturated carbocycles. The molecule has 1 aromatic carbocycles. The minimum absolute atomic E-state index is 0.0601. The first-order chi connectivity index (χ1) is 13.3. The third kappa shape index (κ3) is 3.37. The first-order valence-corrected chi connectivity index (χ1v) is 8.88. The summed E-state index contributed by atoms with van der Waals surface area (Å²) in [7, 11) is 1.76. The number of aromatic nitrogens is 4. The number of nitrogens with zero attached hydrogens (tertiary/aromatic N) is 5. The number of hydrogen-bond donors (Lipinski definition) is 0. The first kappa shape index (κ1) is 18.2. The molecule has 144 valence electrons. The Morgan fingerprint density at radius 3 is 2.64 bits per heavy atom. The molecule has 3 aromatic rings. The fourth-order valence-corrected chi connectivity index (χ4v) is 3.41. The molecule has 6 nitrogen and oxygen atoms in total. The van der Waals surface area contributed by atoms with Crippen LogP contribution in [0, 0.1) is 13.8 Å². The van der Waals surface area contributed by atoms with Gasteiger partial charge in [0.1, 0.15) is 12.0 Å². The minimum Gasteiger partial charge on any atom is -0.335 e. The van der Waals surface area contributed by atoms with Crippen molar-refractivity contribution in [1.29, 1.82) is 0 Å². The lowest BCUT2D eigenvalue weighted by Gasteiger charge is -2.17. The van der Waals surface area contributed by atoms with E-state index in [4.69, 9.17) is 0 Å². The fourth-order valence-electron chi connectivity index (χ4n) is 3.41. The summed E-state index contributed by atoms with van der Waals surface area (Å²) in [4.78, 5) is 22.2. The lowest BCUT2D eigenvalue weighted by molar-refractivity contribution is 0.0790. The Morgan fingerprint density at radius 2 is 1.96 bits per heavy atom. The quantitative estimate of drug-likeness (QED) is 0.691. The number of aryl methyl sites for hydroxylation is 2. The molecular weight excluding hydrogens is 364 g/mol. The number of carbonyl (C=O) groups excluding carboxylic acids is 1. The predicted molar refractivity (Wildman–Crippen MR) is 100 cm³/mol. The van der Waals surface area contributed by atoms with E-state index in [-0.39, 0.29) is 23.4 Å². The van der Waals surface area contributed by atoms with Crippen molar-refractivity contribution in [2.75, 3.05) is 7.05 Å². The third-order valence-electron chi connectivity index (χ3n) is 4.81. The molecule has 0 aliphatic heterocycles. The van der Waals surface area contributed by atoms with Gasteiger partial charge >= 0.3 is 0 Å². The third-order valence-corrected chi connectivity index (χ3v) is 4.81. The molecule has 2 heterocycles. The maximum absolute atomic E-state index is 13.1. The van der Waals surface area contributed by atoms with Crippen LogP contribution in [0.3, 0.4) is 0 Å². The summed E-state index contributed by atoms with van der Waals surface area (Å²) in [6, 6.07) is 7.01. The SMILES string of the molecule is Cc1cc(C)cc(C(=O)N(C)[C@H]2C/C2=C/c2cc(C(F)F)nc3ncnn23)c1. The van der Waals surface area contributed by atoms with E-state index in [0.29, 0.717) is 17.7 Å². The molecule has 1 amide bonds. The van der Waals surface area contributed by atoms with E-state index >= 15 is 0 Å². The average molecular weight is 383 g/mol. The van der Waals surface area contributed by atoms with Gasteiger partial charge in [0.2, 0.25) is 0 Å². The van der Waals surface area contributed by atoms with Crippen LogP contribution in [-0.2, 0) is 0 Å². The van der Waals surface area contributed by atoms with Crippen LogP contribution in [0.1, 0.15) is 45.7 Å². The van der Waals surface area contributed by atoms with Crippen molar-refractivity contribution in [3.8, 4) is 0 Å². The maximum Gasteiger partial charge on any atom is 0.280 e. The highest BCUT2D eigenvalue weighted by Gasteiger charge is 2.36. The Bertz CT molecular complexity index is 1080. The van der Waals surface area contributed by atoms with Crippen LogP contribution in [0.25, 0.3) is 11.9 Å². The van der Waals surface area contributed by atoms with Gasteiger partial charge in [-0.25, -0.2) is 13.8 Å². The number of fused-ring (bicyclic) bond motifs is 1. The molecule has 0 bridgehead atoms. The Balaban J connectivity index is 1.60. The van der Waals surface area contributed by atoms with Crippen LogP contribution in [-0.4, -0.2) is 43.5 Å². The topological polar surface area (TPSA) is 63.4 Å². The fraction of sp³-hybridized carbons (Fsp3) is 0.300. The Kier molecular flexibility index (Phi) is 4.41. The molecule has 28 heavy (non-hydrogen) atoms. The number of alkyl halides is 2. The second kappa shape index (κ2) is 6.78. The average Bonchev–Trinajstić information content (AvgIpc) is 3.22. The minimum atomic E-state index is -2.69. The van der Waals surface area contributed by atoms with Gasteiger partial charge in [-0.3, -0.25) is 4.79 Å². The summed E-state index contributed by atoms with van der Waals surface area (Å²) in [6.45, 7) is 3.92.